The average Bonchev–Trinajstić information content (AvgIpc) is 3.26. The van der Waals surface area contributed by atoms with Crippen LogP contribution in [0.25, 0.3) is 0 Å². The van der Waals surface area contributed by atoms with E-state index in [1.807, 2.05) is 32.9 Å². The molecule has 2 aromatic rings. The molecule has 174 valence electrons. The fourth-order valence-electron chi connectivity index (χ4n) is 4.73. The minimum Gasteiger partial charge on any atom is -0.444 e. The Balaban J connectivity index is 1.32. The molecule has 1 atom stereocenters. The van der Waals surface area contributed by atoms with Gasteiger partial charge in [-0.05, 0) is 73.7 Å². The third-order valence-corrected chi connectivity index (χ3v) is 6.88. The molecule has 0 radical (unpaired) electrons. The molecule has 1 spiro atoms. The van der Waals surface area contributed by atoms with Crippen molar-refractivity contribution in [2.75, 3.05) is 24.5 Å². The topological polar surface area (TPSA) is 87.7 Å². The van der Waals surface area contributed by atoms with Gasteiger partial charge in [0.15, 0.2) is 0 Å². The van der Waals surface area contributed by atoms with E-state index in [4.69, 9.17) is 4.74 Å². The lowest BCUT2D eigenvalue weighted by atomic mass is 9.97. The van der Waals surface area contributed by atoms with E-state index >= 15 is 0 Å². The predicted molar refractivity (Wildman–Crippen MR) is 128 cm³/mol. The van der Waals surface area contributed by atoms with Gasteiger partial charge < -0.3 is 19.9 Å². The third kappa shape index (κ3) is 4.43. The number of ether oxygens (including phenoxy) is 1. The normalized spacial score (nSPS) is 20.7. The number of benzene rings is 1. The molecule has 1 saturated heterocycles. The maximum Gasteiger partial charge on any atom is 0.407 e. The number of halogens is 1. The van der Waals surface area contributed by atoms with Gasteiger partial charge in [0.1, 0.15) is 5.60 Å². The number of likely N-dealkylation sites (tertiary alicyclic amines) is 1. The maximum atomic E-state index is 13.3. The number of carbonyl (C=O) groups excluding carboxylic acids is 2. The molecule has 1 N–H and O–H groups in total. The highest BCUT2D eigenvalue weighted by molar-refractivity contribution is 9.10. The lowest BCUT2D eigenvalue weighted by Gasteiger charge is -2.22. The second-order valence-corrected chi connectivity index (χ2v) is 11.1. The van der Waals surface area contributed by atoms with Crippen LogP contribution in [0.5, 0.6) is 0 Å². The Labute approximate surface area is 201 Å². The molecule has 8 nitrogen and oxygen atoms in total. The van der Waals surface area contributed by atoms with Crippen molar-refractivity contribution < 1.29 is 14.3 Å². The van der Waals surface area contributed by atoms with Crippen LogP contribution in [0.15, 0.2) is 35.1 Å². The van der Waals surface area contributed by atoms with Crippen LogP contribution < -0.4 is 10.2 Å². The number of alkyl carbamates (subject to hydrolysis) is 1. The molecule has 2 fully saturated rings. The zero-order valence-electron chi connectivity index (χ0n) is 19.1. The highest BCUT2D eigenvalue weighted by Crippen LogP contribution is 2.57. The monoisotopic (exact) mass is 513 g/mol. The minimum atomic E-state index is -0.550. The Morgan fingerprint density at radius 3 is 2.61 bits per heavy atom. The molecular formula is C24H28BrN5O3. The van der Waals surface area contributed by atoms with Gasteiger partial charge in [-0.3, -0.25) is 4.79 Å². The second kappa shape index (κ2) is 7.97. The largest absolute Gasteiger partial charge is 0.444 e. The van der Waals surface area contributed by atoms with E-state index in [1.165, 1.54) is 5.56 Å². The summed E-state index contributed by atoms with van der Waals surface area (Å²) in [4.78, 5) is 38.3. The van der Waals surface area contributed by atoms with Crippen LogP contribution in [-0.2, 0) is 10.2 Å². The van der Waals surface area contributed by atoms with Gasteiger partial charge in [-0.15, -0.1) is 0 Å². The van der Waals surface area contributed by atoms with Crippen LogP contribution in [-0.4, -0.2) is 58.1 Å². The number of fused-ring (bicyclic) bond motifs is 2. The number of nitrogens with zero attached hydrogens (tertiary/aromatic N) is 4. The van der Waals surface area contributed by atoms with E-state index in [0.717, 1.165) is 29.5 Å². The van der Waals surface area contributed by atoms with Crippen molar-refractivity contribution in [3.8, 4) is 0 Å². The molecule has 1 saturated carbocycles. The van der Waals surface area contributed by atoms with Gasteiger partial charge in [0.2, 0.25) is 5.95 Å². The van der Waals surface area contributed by atoms with Gasteiger partial charge in [-0.2, -0.15) is 0 Å². The summed E-state index contributed by atoms with van der Waals surface area (Å²) in [6.07, 6.45) is 6.04. The summed E-state index contributed by atoms with van der Waals surface area (Å²) in [5, 5.41) is 2.88. The molecule has 2 aliphatic heterocycles. The highest BCUT2D eigenvalue weighted by Gasteiger charge is 2.52. The summed E-state index contributed by atoms with van der Waals surface area (Å²) < 4.78 is 6.18. The molecule has 33 heavy (non-hydrogen) atoms. The zero-order valence-corrected chi connectivity index (χ0v) is 20.7. The zero-order chi connectivity index (χ0) is 23.4. The van der Waals surface area contributed by atoms with E-state index in [2.05, 4.69) is 42.2 Å². The first kappa shape index (κ1) is 22.1. The van der Waals surface area contributed by atoms with Crippen molar-refractivity contribution >= 4 is 39.6 Å². The van der Waals surface area contributed by atoms with Crippen molar-refractivity contribution in [2.45, 2.75) is 57.1 Å². The van der Waals surface area contributed by atoms with E-state index in [1.54, 1.807) is 17.3 Å². The smallest absolute Gasteiger partial charge is 0.407 e. The van der Waals surface area contributed by atoms with Crippen LogP contribution in [0.2, 0.25) is 0 Å². The van der Waals surface area contributed by atoms with Gasteiger partial charge >= 0.3 is 6.09 Å². The molecule has 0 bridgehead atoms. The van der Waals surface area contributed by atoms with Crippen molar-refractivity contribution in [3.05, 3.63) is 46.2 Å². The van der Waals surface area contributed by atoms with E-state index in [-0.39, 0.29) is 17.4 Å². The number of hydrogen-bond donors (Lipinski definition) is 1. The summed E-state index contributed by atoms with van der Waals surface area (Å²) >= 11 is 3.39. The van der Waals surface area contributed by atoms with Gasteiger partial charge in [0.25, 0.3) is 5.91 Å². The molecule has 5 rings (SSSR count). The lowest BCUT2D eigenvalue weighted by Crippen LogP contribution is -2.41. The predicted octanol–water partition coefficient (Wildman–Crippen LogP) is 4.16. The summed E-state index contributed by atoms with van der Waals surface area (Å²) in [5.74, 6) is 0.621. The summed E-state index contributed by atoms with van der Waals surface area (Å²) in [6.45, 7) is 7.41. The number of anilines is 2. The summed E-state index contributed by atoms with van der Waals surface area (Å²) in [7, 11) is 0. The molecule has 1 aliphatic carbocycles. The maximum absolute atomic E-state index is 13.3. The Kier molecular flexibility index (Phi) is 5.34. The number of carbonyl (C=O) groups is 2. The molecule has 0 unspecified atom stereocenters. The molecule has 1 aromatic carbocycles. The van der Waals surface area contributed by atoms with Crippen molar-refractivity contribution in [1.29, 1.82) is 0 Å². The summed E-state index contributed by atoms with van der Waals surface area (Å²) in [6, 6.07) is 5.90. The quantitative estimate of drug-likeness (QED) is 0.662. The van der Waals surface area contributed by atoms with Crippen molar-refractivity contribution in [1.82, 2.24) is 20.2 Å². The molecular weight excluding hydrogens is 486 g/mol. The first-order chi connectivity index (χ1) is 15.6. The molecule has 3 aliphatic rings. The van der Waals surface area contributed by atoms with Crippen LogP contribution in [0, 0.1) is 0 Å². The second-order valence-electron chi connectivity index (χ2n) is 10.2. The third-order valence-electron chi connectivity index (χ3n) is 6.47. The van der Waals surface area contributed by atoms with Crippen molar-refractivity contribution in [2.24, 2.45) is 0 Å². The number of rotatable bonds is 3. The van der Waals surface area contributed by atoms with E-state index in [0.29, 0.717) is 31.0 Å². The van der Waals surface area contributed by atoms with E-state index < -0.39 is 11.7 Å². The SMILES string of the molecule is CC(C)(C)OC(=O)N[C@@H]1CCN(C(=O)c2ccc3c(c2)N(c2ncc(Br)cn2)CC32CC2)C1. The number of hydrogen-bond acceptors (Lipinski definition) is 6. The number of nitrogens with one attached hydrogen (secondary N) is 1. The number of amides is 2. The molecule has 1 aromatic heterocycles. The molecule has 3 heterocycles. The van der Waals surface area contributed by atoms with Gasteiger partial charge in [-0.25, -0.2) is 14.8 Å². The Hall–Kier alpha value is -2.68. The fourth-order valence-corrected chi connectivity index (χ4v) is 4.94. The van der Waals surface area contributed by atoms with Crippen LogP contribution >= 0.6 is 15.9 Å². The Morgan fingerprint density at radius 1 is 1.21 bits per heavy atom. The lowest BCUT2D eigenvalue weighted by molar-refractivity contribution is 0.0502. The first-order valence-electron chi connectivity index (χ1n) is 11.3. The highest BCUT2D eigenvalue weighted by atomic mass is 79.9. The van der Waals surface area contributed by atoms with Crippen LogP contribution in [0.4, 0.5) is 16.4 Å². The molecule has 2 amide bonds. The minimum absolute atomic E-state index is 0.0280. The standard InChI is InChI=1S/C24H28BrN5O3/c1-23(2,3)33-22(32)28-17-6-9-29(13-17)20(31)15-4-5-18-19(10-15)30(14-24(18)7-8-24)21-26-11-16(25)12-27-21/h4-5,10-12,17H,6-9,13-14H2,1-3H3,(H,28,32)/t17-/m1/s1. The van der Waals surface area contributed by atoms with Crippen LogP contribution in [0.1, 0.15) is 56.0 Å². The van der Waals surface area contributed by atoms with Gasteiger partial charge in [-0.1, -0.05) is 6.07 Å². The average molecular weight is 514 g/mol. The fraction of sp³-hybridized carbons (Fsp3) is 0.500. The Bertz CT molecular complexity index is 1090. The van der Waals surface area contributed by atoms with Crippen molar-refractivity contribution in [3.63, 3.8) is 0 Å². The summed E-state index contributed by atoms with van der Waals surface area (Å²) in [5.41, 5.74) is 2.54. The van der Waals surface area contributed by atoms with Gasteiger partial charge in [0.05, 0.1) is 10.5 Å². The van der Waals surface area contributed by atoms with E-state index in [9.17, 15) is 9.59 Å². The van der Waals surface area contributed by atoms with Gasteiger partial charge in [0, 0.05) is 48.7 Å². The van der Waals surface area contributed by atoms with Crippen LogP contribution in [0.3, 0.4) is 0 Å². The number of aromatic nitrogens is 2. The molecule has 9 heteroatoms. The Morgan fingerprint density at radius 2 is 1.94 bits per heavy atom. The first-order valence-corrected chi connectivity index (χ1v) is 12.1.